The topological polar surface area (TPSA) is 86.7 Å². The van der Waals surface area contributed by atoms with Gasteiger partial charge in [0, 0.05) is 31.2 Å². The molecular formula is C22H28N6O2S. The highest BCUT2D eigenvalue weighted by Crippen LogP contribution is 2.40. The molecule has 1 N–H and O–H groups in total. The smallest absolute Gasteiger partial charge is 0.295 e. The number of para-hydroxylation sites is 1. The van der Waals surface area contributed by atoms with Gasteiger partial charge in [-0.15, -0.1) is 10.2 Å². The minimum atomic E-state index is -0.234. The number of thioether (sulfide) groups is 1. The fourth-order valence-electron chi connectivity index (χ4n) is 3.61. The van der Waals surface area contributed by atoms with Gasteiger partial charge in [0.05, 0.1) is 11.4 Å². The number of anilines is 1. The van der Waals surface area contributed by atoms with Crippen LogP contribution in [0.3, 0.4) is 0 Å². The highest BCUT2D eigenvalue weighted by Gasteiger charge is 2.30. The monoisotopic (exact) mass is 440 g/mol. The number of aromatic nitrogens is 5. The molecule has 0 unspecified atom stereocenters. The number of hydrogen-bond acceptors (Lipinski definition) is 5. The van der Waals surface area contributed by atoms with Gasteiger partial charge in [0.2, 0.25) is 5.91 Å². The first kappa shape index (κ1) is 21.4. The molecule has 2 heterocycles. The molecule has 1 fully saturated rings. The first-order chi connectivity index (χ1) is 14.9. The van der Waals surface area contributed by atoms with Crippen molar-refractivity contribution in [2.45, 2.75) is 57.1 Å². The average molecular weight is 441 g/mol. The van der Waals surface area contributed by atoms with Gasteiger partial charge in [-0.2, -0.15) is 0 Å². The number of hydrogen-bond donors (Lipinski definition) is 1. The van der Waals surface area contributed by atoms with E-state index in [4.69, 9.17) is 0 Å². The zero-order chi connectivity index (χ0) is 22.1. The van der Waals surface area contributed by atoms with Crippen LogP contribution in [0.1, 0.15) is 56.6 Å². The summed E-state index contributed by atoms with van der Waals surface area (Å²) in [6, 6.07) is 9.88. The van der Waals surface area contributed by atoms with Crippen LogP contribution in [0.5, 0.6) is 0 Å². The summed E-state index contributed by atoms with van der Waals surface area (Å²) in [4.78, 5) is 25.5. The van der Waals surface area contributed by atoms with Gasteiger partial charge in [0.1, 0.15) is 11.5 Å². The molecule has 0 aliphatic heterocycles. The third-order valence-electron chi connectivity index (χ3n) is 5.50. The Kier molecular flexibility index (Phi) is 6.04. The molecule has 9 heteroatoms. The number of nitrogens with zero attached hydrogens (tertiary/aromatic N) is 5. The molecule has 3 aromatic rings. The lowest BCUT2D eigenvalue weighted by Gasteiger charge is -2.10. The second-order valence-electron chi connectivity index (χ2n) is 8.18. The van der Waals surface area contributed by atoms with E-state index < -0.39 is 0 Å². The molecule has 0 atom stereocenters. The van der Waals surface area contributed by atoms with Gasteiger partial charge in [0.25, 0.3) is 5.56 Å². The van der Waals surface area contributed by atoms with Crippen molar-refractivity contribution in [2.24, 2.45) is 7.05 Å². The van der Waals surface area contributed by atoms with Crippen LogP contribution in [0.25, 0.3) is 5.69 Å². The molecule has 1 amide bonds. The van der Waals surface area contributed by atoms with E-state index >= 15 is 0 Å². The highest BCUT2D eigenvalue weighted by atomic mass is 32.2. The summed E-state index contributed by atoms with van der Waals surface area (Å²) in [6.07, 6.45) is 2.61. The van der Waals surface area contributed by atoms with Gasteiger partial charge in [0.15, 0.2) is 5.16 Å². The van der Waals surface area contributed by atoms with E-state index in [1.165, 1.54) is 0 Å². The molecule has 8 nitrogen and oxygen atoms in total. The lowest BCUT2D eigenvalue weighted by molar-refractivity contribution is -0.115. The van der Waals surface area contributed by atoms with E-state index in [2.05, 4.69) is 33.9 Å². The number of rotatable bonds is 8. The molecule has 4 rings (SSSR count). The number of carbonyl (C=O) groups is 1. The van der Waals surface area contributed by atoms with Crippen molar-refractivity contribution in [2.75, 3.05) is 11.1 Å². The molecule has 31 heavy (non-hydrogen) atoms. The van der Waals surface area contributed by atoms with Crippen LogP contribution in [0.4, 0.5) is 5.69 Å². The molecular weight excluding hydrogens is 412 g/mol. The van der Waals surface area contributed by atoms with Crippen molar-refractivity contribution in [3.8, 4) is 5.69 Å². The molecule has 1 aliphatic carbocycles. The van der Waals surface area contributed by atoms with E-state index in [0.29, 0.717) is 29.1 Å². The predicted octanol–water partition coefficient (Wildman–Crippen LogP) is 3.66. The Morgan fingerprint density at radius 1 is 1.23 bits per heavy atom. The zero-order valence-electron chi connectivity index (χ0n) is 18.3. The maximum Gasteiger partial charge on any atom is 0.295 e. The summed E-state index contributed by atoms with van der Waals surface area (Å²) in [6.45, 7) is 6.07. The van der Waals surface area contributed by atoms with Crippen molar-refractivity contribution in [1.82, 2.24) is 24.1 Å². The zero-order valence-corrected chi connectivity index (χ0v) is 19.1. The molecule has 1 saturated carbocycles. The van der Waals surface area contributed by atoms with Crippen molar-refractivity contribution < 1.29 is 4.79 Å². The van der Waals surface area contributed by atoms with E-state index in [1.807, 2.05) is 44.3 Å². The number of carbonyl (C=O) groups excluding carboxylic acids is 1. The van der Waals surface area contributed by atoms with Crippen molar-refractivity contribution in [1.29, 1.82) is 0 Å². The molecule has 1 aliphatic rings. The minimum absolute atomic E-state index is 0.180. The van der Waals surface area contributed by atoms with Gasteiger partial charge in [-0.3, -0.25) is 14.3 Å². The number of nitrogens with one attached hydrogen (secondary N) is 1. The standard InChI is InChI=1S/C22H28N6O2S/c1-14(2)20-24-25-22(27(20)16-10-11-16)31-13-12-18(29)23-19-15(3)26(4)28(21(19)30)17-8-6-5-7-9-17/h5-9,14,16H,10-13H2,1-4H3,(H,23,29). The van der Waals surface area contributed by atoms with Crippen molar-refractivity contribution in [3.63, 3.8) is 0 Å². The molecule has 164 valence electrons. The van der Waals surface area contributed by atoms with Gasteiger partial charge in [-0.05, 0) is 31.9 Å². The quantitative estimate of drug-likeness (QED) is 0.540. The van der Waals surface area contributed by atoms with Gasteiger partial charge in [-0.1, -0.05) is 43.8 Å². The number of benzene rings is 1. The predicted molar refractivity (Wildman–Crippen MR) is 122 cm³/mol. The van der Waals surface area contributed by atoms with Crippen molar-refractivity contribution >= 4 is 23.4 Å². The van der Waals surface area contributed by atoms with E-state index in [1.54, 1.807) is 21.1 Å². The SMILES string of the molecule is Cc1c(NC(=O)CCSc2nnc(C(C)C)n2C2CC2)c(=O)n(-c2ccccc2)n1C. The van der Waals surface area contributed by atoms with Crippen LogP contribution in [-0.4, -0.2) is 35.8 Å². The summed E-state index contributed by atoms with van der Waals surface area (Å²) in [5.74, 6) is 1.72. The van der Waals surface area contributed by atoms with E-state index in [0.717, 1.165) is 29.5 Å². The van der Waals surface area contributed by atoms with Gasteiger partial charge in [-0.25, -0.2) is 4.68 Å². The van der Waals surface area contributed by atoms with Crippen LogP contribution in [-0.2, 0) is 11.8 Å². The fourth-order valence-corrected chi connectivity index (χ4v) is 4.56. The fraction of sp³-hybridized carbons (Fsp3) is 0.455. The Morgan fingerprint density at radius 3 is 2.58 bits per heavy atom. The first-order valence-electron chi connectivity index (χ1n) is 10.6. The number of amides is 1. The average Bonchev–Trinajstić information content (AvgIpc) is 3.46. The van der Waals surface area contributed by atoms with Crippen LogP contribution < -0.4 is 10.9 Å². The second-order valence-corrected chi connectivity index (χ2v) is 9.24. The summed E-state index contributed by atoms with van der Waals surface area (Å²) in [5.41, 5.74) is 1.56. The Hall–Kier alpha value is -2.81. The molecule has 0 saturated heterocycles. The molecule has 0 spiro atoms. The van der Waals surface area contributed by atoms with E-state index in [9.17, 15) is 9.59 Å². The van der Waals surface area contributed by atoms with Crippen LogP contribution >= 0.6 is 11.8 Å². The van der Waals surface area contributed by atoms with Crippen LogP contribution in [0.2, 0.25) is 0 Å². The molecule has 0 bridgehead atoms. The summed E-state index contributed by atoms with van der Waals surface area (Å²) >= 11 is 1.55. The third kappa shape index (κ3) is 4.32. The Bertz CT molecular complexity index is 1140. The highest BCUT2D eigenvalue weighted by molar-refractivity contribution is 7.99. The van der Waals surface area contributed by atoms with Gasteiger partial charge < -0.3 is 9.88 Å². The normalized spacial score (nSPS) is 13.7. The summed E-state index contributed by atoms with van der Waals surface area (Å²) < 4.78 is 5.55. The largest absolute Gasteiger partial charge is 0.320 e. The van der Waals surface area contributed by atoms with E-state index in [-0.39, 0.29) is 17.9 Å². The minimum Gasteiger partial charge on any atom is -0.320 e. The van der Waals surface area contributed by atoms with Crippen molar-refractivity contribution in [3.05, 3.63) is 52.2 Å². The Labute approximate surface area is 185 Å². The Balaban J connectivity index is 1.42. The lowest BCUT2D eigenvalue weighted by Crippen LogP contribution is -2.23. The van der Waals surface area contributed by atoms with Gasteiger partial charge >= 0.3 is 0 Å². The van der Waals surface area contributed by atoms with Crippen LogP contribution in [0, 0.1) is 6.92 Å². The summed E-state index contributed by atoms with van der Waals surface area (Å²) in [7, 11) is 1.81. The first-order valence-corrected chi connectivity index (χ1v) is 11.6. The maximum atomic E-state index is 12.9. The second kappa shape index (κ2) is 8.74. The lowest BCUT2D eigenvalue weighted by atomic mass is 10.2. The molecule has 0 radical (unpaired) electrons. The third-order valence-corrected chi connectivity index (χ3v) is 6.44. The maximum absolute atomic E-state index is 12.9. The Morgan fingerprint density at radius 2 is 1.94 bits per heavy atom. The van der Waals surface area contributed by atoms with Crippen LogP contribution in [0.15, 0.2) is 40.3 Å². The molecule has 2 aromatic heterocycles. The summed E-state index contributed by atoms with van der Waals surface area (Å²) in [5, 5.41) is 12.4. The molecule has 1 aromatic carbocycles.